The van der Waals surface area contributed by atoms with Crippen LogP contribution in [0, 0.1) is 16.7 Å². The minimum Gasteiger partial charge on any atom is -0.399 e. The van der Waals surface area contributed by atoms with E-state index in [-0.39, 0.29) is 22.0 Å². The summed E-state index contributed by atoms with van der Waals surface area (Å²) in [6, 6.07) is 5.70. The molecule has 0 spiro atoms. The van der Waals surface area contributed by atoms with Crippen molar-refractivity contribution >= 4 is 31.6 Å². The van der Waals surface area contributed by atoms with Gasteiger partial charge in [-0.25, -0.2) is 13.6 Å². The van der Waals surface area contributed by atoms with E-state index in [0.717, 1.165) is 6.42 Å². The van der Waals surface area contributed by atoms with Crippen molar-refractivity contribution < 1.29 is 26.2 Å². The zero-order chi connectivity index (χ0) is 20.0. The summed E-state index contributed by atoms with van der Waals surface area (Å²) in [5.41, 5.74) is 4.73. The number of ketones is 1. The van der Waals surface area contributed by atoms with E-state index in [1.54, 1.807) is 0 Å². The van der Waals surface area contributed by atoms with Gasteiger partial charge in [0.05, 0.1) is 16.1 Å². The number of fused-ring (bicyclic) bond motifs is 2. The molecule has 2 atom stereocenters. The number of Topliss-reactive ketones (excluding diaryl/α,β-unsaturated/α-hetero) is 1. The normalized spacial score (nSPS) is 27.1. The van der Waals surface area contributed by atoms with Crippen molar-refractivity contribution in [3.05, 3.63) is 24.3 Å². The van der Waals surface area contributed by atoms with Crippen LogP contribution in [0.2, 0.25) is 0 Å². The third-order valence-corrected chi connectivity index (χ3v) is 7.56. The molecule has 2 aliphatic carbocycles. The summed E-state index contributed by atoms with van der Waals surface area (Å²) in [5, 5.41) is 4.84. The largest absolute Gasteiger partial charge is 0.399 e. The molecule has 0 saturated heterocycles. The smallest absolute Gasteiger partial charge is 0.265 e. The predicted molar refractivity (Wildman–Crippen MR) is 97.2 cm³/mol. The summed E-state index contributed by atoms with van der Waals surface area (Å²) in [6.45, 7) is 3.89. The quantitative estimate of drug-likeness (QED) is 0.504. The number of benzene rings is 1. The molecule has 2 saturated carbocycles. The predicted octanol–water partition coefficient (Wildman–Crippen LogP) is 1.19. The van der Waals surface area contributed by atoms with Gasteiger partial charge in [-0.05, 0) is 48.4 Å². The van der Waals surface area contributed by atoms with Gasteiger partial charge < -0.3 is 5.73 Å². The van der Waals surface area contributed by atoms with Crippen molar-refractivity contribution in [2.45, 2.75) is 38.0 Å². The van der Waals surface area contributed by atoms with Gasteiger partial charge in [0, 0.05) is 12.1 Å². The van der Waals surface area contributed by atoms with Crippen molar-refractivity contribution in [2.75, 3.05) is 11.5 Å². The molecule has 2 bridgehead atoms. The van der Waals surface area contributed by atoms with Crippen LogP contribution in [0.25, 0.3) is 0 Å². The van der Waals surface area contributed by atoms with Crippen LogP contribution in [-0.4, -0.2) is 32.9 Å². The van der Waals surface area contributed by atoms with Gasteiger partial charge in [0.2, 0.25) is 10.0 Å². The molecule has 1 aromatic rings. The Morgan fingerprint density at radius 2 is 1.69 bits per heavy atom. The van der Waals surface area contributed by atoms with Crippen molar-refractivity contribution in [1.82, 2.24) is 0 Å². The van der Waals surface area contributed by atoms with E-state index in [0.29, 0.717) is 18.5 Å². The molecule has 5 N–H and O–H groups in total. The van der Waals surface area contributed by atoms with E-state index in [1.165, 1.54) is 24.3 Å². The van der Waals surface area contributed by atoms with Crippen LogP contribution in [0.5, 0.6) is 0 Å². The Morgan fingerprint density at radius 1 is 1.15 bits per heavy atom. The Labute approximate surface area is 153 Å². The first-order chi connectivity index (χ1) is 11.7. The monoisotopic (exact) mass is 404 g/mol. The summed E-state index contributed by atoms with van der Waals surface area (Å²) < 4.78 is 52.3. The number of rotatable bonds is 3. The first-order valence-corrected chi connectivity index (χ1v) is 11.2. The Morgan fingerprint density at radius 3 is 2.04 bits per heavy atom. The van der Waals surface area contributed by atoms with E-state index in [2.05, 4.69) is 0 Å². The molecule has 0 radical (unpaired) electrons. The Kier molecular flexibility index (Phi) is 5.28. The number of carbonyl (C=O) groups is 1. The fourth-order valence-corrected chi connectivity index (χ4v) is 5.89. The van der Waals surface area contributed by atoms with E-state index >= 15 is 0 Å². The van der Waals surface area contributed by atoms with Gasteiger partial charge in [-0.2, -0.15) is 8.42 Å². The molecule has 0 aliphatic heterocycles. The summed E-state index contributed by atoms with van der Waals surface area (Å²) in [5.74, 6) is -0.101. The van der Waals surface area contributed by atoms with Crippen LogP contribution in [0.1, 0.15) is 33.1 Å². The van der Waals surface area contributed by atoms with E-state index in [1.807, 2.05) is 13.8 Å². The molecule has 146 valence electrons. The zero-order valence-corrected chi connectivity index (χ0v) is 16.3. The third kappa shape index (κ3) is 3.93. The molecule has 3 rings (SSSR count). The zero-order valence-electron chi connectivity index (χ0n) is 14.7. The van der Waals surface area contributed by atoms with E-state index in [4.69, 9.17) is 15.4 Å². The van der Waals surface area contributed by atoms with Gasteiger partial charge in [0.25, 0.3) is 10.1 Å². The summed E-state index contributed by atoms with van der Waals surface area (Å²) in [7, 11) is -7.65. The van der Waals surface area contributed by atoms with Gasteiger partial charge in [-0.15, -0.1) is 0 Å². The minimum absolute atomic E-state index is 0.0152. The molecular formula is C16H24N2O6S2. The number of hydrogen-bond donors (Lipinski definition) is 3. The van der Waals surface area contributed by atoms with Crippen molar-refractivity contribution in [2.24, 2.45) is 21.9 Å². The highest BCUT2D eigenvalue weighted by Crippen LogP contribution is 2.64. The lowest BCUT2D eigenvalue weighted by Crippen LogP contribution is -2.42. The second kappa shape index (κ2) is 6.59. The Balaban J connectivity index is 0.000000197. The second-order valence-corrected chi connectivity index (χ2v) is 10.5. The summed E-state index contributed by atoms with van der Waals surface area (Å²) in [4.78, 5) is 12.0. The number of primary sulfonamides is 1. The number of sulfonamides is 1. The topological polar surface area (TPSA) is 158 Å². The van der Waals surface area contributed by atoms with Crippen LogP contribution in [0.3, 0.4) is 0 Å². The number of carbonyl (C=O) groups excluding carboxylic acids is 1. The molecule has 0 unspecified atom stereocenters. The summed E-state index contributed by atoms with van der Waals surface area (Å²) >= 11 is 0. The first-order valence-electron chi connectivity index (χ1n) is 8.06. The summed E-state index contributed by atoms with van der Waals surface area (Å²) in [6.07, 6.45) is 1.97. The van der Waals surface area contributed by atoms with Gasteiger partial charge in [0.15, 0.2) is 0 Å². The molecule has 0 heterocycles. The Bertz CT molecular complexity index is 907. The van der Waals surface area contributed by atoms with E-state index < -0.39 is 31.3 Å². The molecular weight excluding hydrogens is 380 g/mol. The van der Waals surface area contributed by atoms with Crippen LogP contribution in [-0.2, 0) is 24.9 Å². The average molecular weight is 405 g/mol. The number of nitrogen functional groups attached to an aromatic ring is 1. The second-order valence-electron chi connectivity index (χ2n) is 7.51. The molecule has 26 heavy (non-hydrogen) atoms. The minimum atomic E-state index is -4.08. The third-order valence-electron chi connectivity index (χ3n) is 5.78. The lowest BCUT2D eigenvalue weighted by atomic mass is 9.70. The number of anilines is 1. The van der Waals surface area contributed by atoms with Crippen molar-refractivity contribution in [1.29, 1.82) is 0 Å². The maximum atomic E-state index is 11.9. The SMILES string of the molecule is CC1(C)[C@@H]2CC[C@@]1(CS(=O)(=O)O)C(=O)C2.Nc1ccc(S(N)(=O)=O)cc1. The van der Waals surface area contributed by atoms with Gasteiger partial charge in [0.1, 0.15) is 5.78 Å². The number of hydrogen-bond acceptors (Lipinski definition) is 6. The van der Waals surface area contributed by atoms with Crippen molar-refractivity contribution in [3.8, 4) is 0 Å². The maximum Gasteiger partial charge on any atom is 0.265 e. The highest BCUT2D eigenvalue weighted by molar-refractivity contribution is 7.89. The highest BCUT2D eigenvalue weighted by atomic mass is 32.2. The number of nitrogens with two attached hydrogens (primary N) is 2. The Hall–Kier alpha value is -1.49. The van der Waals surface area contributed by atoms with Crippen LogP contribution in [0.15, 0.2) is 29.2 Å². The van der Waals surface area contributed by atoms with Crippen molar-refractivity contribution in [3.63, 3.8) is 0 Å². The van der Waals surface area contributed by atoms with Gasteiger partial charge in [-0.3, -0.25) is 9.35 Å². The molecule has 2 fully saturated rings. The first kappa shape index (κ1) is 20.8. The highest BCUT2D eigenvalue weighted by Gasteiger charge is 2.65. The van der Waals surface area contributed by atoms with Crippen LogP contribution in [0.4, 0.5) is 5.69 Å². The molecule has 10 heteroatoms. The van der Waals surface area contributed by atoms with Crippen LogP contribution < -0.4 is 10.9 Å². The maximum absolute atomic E-state index is 11.9. The lowest BCUT2D eigenvalue weighted by Gasteiger charge is -2.35. The molecule has 0 amide bonds. The van der Waals surface area contributed by atoms with Crippen LogP contribution >= 0.6 is 0 Å². The fourth-order valence-electron chi connectivity index (χ4n) is 4.08. The van der Waals surface area contributed by atoms with E-state index in [9.17, 15) is 21.6 Å². The lowest BCUT2D eigenvalue weighted by molar-refractivity contribution is -0.128. The molecule has 8 nitrogen and oxygen atoms in total. The molecule has 1 aromatic carbocycles. The molecule has 0 aromatic heterocycles. The average Bonchev–Trinajstić information content (AvgIpc) is 2.79. The molecule has 2 aliphatic rings. The standard InChI is InChI=1S/C10H16O4S.C6H8N2O2S/c1-9(2)7-3-4-10(9,8(11)5-7)6-15(12,13)14;7-5-1-3-6(4-2-5)11(8,9)10/h7H,3-6H2,1-2H3,(H,12,13,14);1-4H,7H2,(H2,8,9,10)/t7-,10-;/m1./s1. The fraction of sp³-hybridized carbons (Fsp3) is 0.562. The van der Waals surface area contributed by atoms with Gasteiger partial charge >= 0.3 is 0 Å². The van der Waals surface area contributed by atoms with Gasteiger partial charge in [-0.1, -0.05) is 13.8 Å².